The molecule has 3 unspecified atom stereocenters. The molecule has 1 fully saturated rings. The van der Waals surface area contributed by atoms with Gasteiger partial charge in [0.15, 0.2) is 0 Å². The van der Waals surface area contributed by atoms with E-state index in [1.807, 2.05) is 25.8 Å². The molecule has 0 aliphatic carbocycles. The molecule has 1 aliphatic heterocycles. The monoisotopic (exact) mass is 296 g/mol. The van der Waals surface area contributed by atoms with Gasteiger partial charge < -0.3 is 9.64 Å². The molecule has 5 heteroatoms. The van der Waals surface area contributed by atoms with Crippen molar-refractivity contribution in [3.05, 3.63) is 22.4 Å². The topological polar surface area (TPSA) is 32.8 Å². The van der Waals surface area contributed by atoms with E-state index in [0.29, 0.717) is 19.6 Å². The van der Waals surface area contributed by atoms with Gasteiger partial charge in [0, 0.05) is 24.0 Å². The molecule has 2 rings (SSSR count). The molecule has 4 nitrogen and oxygen atoms in total. The first-order valence-electron chi connectivity index (χ1n) is 7.14. The Morgan fingerprint density at radius 1 is 1.50 bits per heavy atom. The first-order valence-corrected chi connectivity index (χ1v) is 8.02. The predicted octanol–water partition coefficient (Wildman–Crippen LogP) is 2.38. The van der Waals surface area contributed by atoms with Crippen LogP contribution in [0.2, 0.25) is 0 Å². The summed E-state index contributed by atoms with van der Waals surface area (Å²) in [4.78, 5) is 17.7. The highest BCUT2D eigenvalue weighted by molar-refractivity contribution is 7.10. The molecule has 0 aromatic carbocycles. The number of nitrogens with zero attached hydrogens (tertiary/aromatic N) is 2. The molecule has 2 heterocycles. The lowest BCUT2D eigenvalue weighted by Gasteiger charge is -2.36. The third-order valence-corrected chi connectivity index (χ3v) is 4.82. The SMILES string of the molecule is CC1CN(C(=O)CN(C)C(C)c2cccs2)CC(C)O1. The predicted molar refractivity (Wildman–Crippen MR) is 82.0 cm³/mol. The Labute approximate surface area is 125 Å². The summed E-state index contributed by atoms with van der Waals surface area (Å²) < 4.78 is 5.67. The van der Waals surface area contributed by atoms with E-state index in [1.54, 1.807) is 11.3 Å². The van der Waals surface area contributed by atoms with Gasteiger partial charge in [0.05, 0.1) is 18.8 Å². The van der Waals surface area contributed by atoms with Crippen LogP contribution in [0.25, 0.3) is 0 Å². The number of ether oxygens (including phenoxy) is 1. The maximum absolute atomic E-state index is 12.4. The maximum atomic E-state index is 12.4. The van der Waals surface area contributed by atoms with Gasteiger partial charge in [0.25, 0.3) is 0 Å². The quantitative estimate of drug-likeness (QED) is 0.855. The van der Waals surface area contributed by atoms with Crippen molar-refractivity contribution in [3.63, 3.8) is 0 Å². The van der Waals surface area contributed by atoms with E-state index in [1.165, 1.54) is 4.88 Å². The van der Waals surface area contributed by atoms with E-state index in [2.05, 4.69) is 29.3 Å². The summed E-state index contributed by atoms with van der Waals surface area (Å²) in [5.74, 6) is 0.193. The second-order valence-corrected chi connectivity index (χ2v) is 6.64. The molecule has 0 saturated carbocycles. The molecule has 1 aromatic heterocycles. The van der Waals surface area contributed by atoms with Crippen molar-refractivity contribution < 1.29 is 9.53 Å². The molecule has 0 spiro atoms. The van der Waals surface area contributed by atoms with Crippen molar-refractivity contribution >= 4 is 17.2 Å². The van der Waals surface area contributed by atoms with Crippen LogP contribution in [-0.2, 0) is 9.53 Å². The summed E-state index contributed by atoms with van der Waals surface area (Å²) in [7, 11) is 2.01. The molecule has 1 saturated heterocycles. The fraction of sp³-hybridized carbons (Fsp3) is 0.667. The van der Waals surface area contributed by atoms with Gasteiger partial charge >= 0.3 is 0 Å². The van der Waals surface area contributed by atoms with E-state index in [-0.39, 0.29) is 24.2 Å². The molecule has 1 amide bonds. The summed E-state index contributed by atoms with van der Waals surface area (Å²) in [5, 5.41) is 2.08. The van der Waals surface area contributed by atoms with E-state index in [9.17, 15) is 4.79 Å². The van der Waals surface area contributed by atoms with Crippen molar-refractivity contribution in [2.45, 2.75) is 39.0 Å². The van der Waals surface area contributed by atoms with E-state index in [4.69, 9.17) is 4.74 Å². The highest BCUT2D eigenvalue weighted by Crippen LogP contribution is 2.23. The van der Waals surface area contributed by atoms with Crippen LogP contribution < -0.4 is 0 Å². The second kappa shape index (κ2) is 6.70. The molecule has 0 N–H and O–H groups in total. The number of carbonyl (C=O) groups is 1. The first-order chi connectivity index (χ1) is 9.47. The number of thiophene rings is 1. The molecule has 112 valence electrons. The normalized spacial score (nSPS) is 24.9. The Morgan fingerprint density at radius 3 is 2.70 bits per heavy atom. The fourth-order valence-corrected chi connectivity index (χ4v) is 3.43. The minimum atomic E-state index is 0.128. The van der Waals surface area contributed by atoms with Crippen LogP contribution in [0.1, 0.15) is 31.7 Å². The number of carbonyl (C=O) groups excluding carboxylic acids is 1. The number of hydrogen-bond acceptors (Lipinski definition) is 4. The molecule has 0 radical (unpaired) electrons. The lowest BCUT2D eigenvalue weighted by Crippen LogP contribution is -2.50. The van der Waals surface area contributed by atoms with Crippen LogP contribution >= 0.6 is 11.3 Å². The molecule has 1 aliphatic rings. The van der Waals surface area contributed by atoms with Gasteiger partial charge in [-0.25, -0.2) is 0 Å². The molecular formula is C15H24N2O2S. The lowest BCUT2D eigenvalue weighted by molar-refractivity contribution is -0.144. The Kier molecular flexibility index (Phi) is 5.18. The standard InChI is InChI=1S/C15H24N2O2S/c1-11-8-17(9-12(2)19-11)15(18)10-16(4)13(3)14-6-5-7-20-14/h5-7,11-13H,8-10H2,1-4H3. The highest BCUT2D eigenvalue weighted by atomic mass is 32.1. The molecular weight excluding hydrogens is 272 g/mol. The van der Waals surface area contributed by atoms with Crippen molar-refractivity contribution in [3.8, 4) is 0 Å². The summed E-state index contributed by atoms with van der Waals surface area (Å²) in [5.41, 5.74) is 0. The average Bonchev–Trinajstić information content (AvgIpc) is 2.90. The van der Waals surface area contributed by atoms with Gasteiger partial charge in [-0.1, -0.05) is 6.07 Å². The van der Waals surface area contributed by atoms with Gasteiger partial charge in [-0.3, -0.25) is 9.69 Å². The largest absolute Gasteiger partial charge is 0.372 e. The van der Waals surface area contributed by atoms with Crippen molar-refractivity contribution in [1.29, 1.82) is 0 Å². The highest BCUT2D eigenvalue weighted by Gasteiger charge is 2.27. The number of amides is 1. The van der Waals surface area contributed by atoms with E-state index >= 15 is 0 Å². The summed E-state index contributed by atoms with van der Waals surface area (Å²) in [6.07, 6.45) is 0.255. The van der Waals surface area contributed by atoms with Crippen molar-refractivity contribution in [1.82, 2.24) is 9.80 Å². The van der Waals surface area contributed by atoms with Gasteiger partial charge in [0.1, 0.15) is 0 Å². The Bertz CT molecular complexity index is 425. The Morgan fingerprint density at radius 2 is 2.15 bits per heavy atom. The first kappa shape index (κ1) is 15.5. The third kappa shape index (κ3) is 3.81. The fourth-order valence-electron chi connectivity index (χ4n) is 2.58. The van der Waals surface area contributed by atoms with Crippen LogP contribution in [-0.4, -0.2) is 54.6 Å². The van der Waals surface area contributed by atoms with Crippen LogP contribution in [0.3, 0.4) is 0 Å². The molecule has 3 atom stereocenters. The Balaban J connectivity index is 1.90. The van der Waals surface area contributed by atoms with Crippen molar-refractivity contribution in [2.75, 3.05) is 26.7 Å². The van der Waals surface area contributed by atoms with Gasteiger partial charge in [-0.05, 0) is 39.3 Å². The molecule has 20 heavy (non-hydrogen) atoms. The van der Waals surface area contributed by atoms with Crippen LogP contribution in [0.4, 0.5) is 0 Å². The second-order valence-electron chi connectivity index (χ2n) is 5.66. The Hall–Kier alpha value is -0.910. The van der Waals surface area contributed by atoms with Crippen LogP contribution in [0.15, 0.2) is 17.5 Å². The van der Waals surface area contributed by atoms with Gasteiger partial charge in [0.2, 0.25) is 5.91 Å². The lowest BCUT2D eigenvalue weighted by atomic mass is 10.2. The van der Waals surface area contributed by atoms with Crippen LogP contribution in [0.5, 0.6) is 0 Å². The van der Waals surface area contributed by atoms with E-state index < -0.39 is 0 Å². The zero-order chi connectivity index (χ0) is 14.7. The van der Waals surface area contributed by atoms with Gasteiger partial charge in [-0.2, -0.15) is 0 Å². The number of likely N-dealkylation sites (N-methyl/N-ethyl adjacent to an activating group) is 1. The van der Waals surface area contributed by atoms with Crippen molar-refractivity contribution in [2.24, 2.45) is 0 Å². The zero-order valence-corrected chi connectivity index (χ0v) is 13.5. The van der Waals surface area contributed by atoms with E-state index in [0.717, 1.165) is 0 Å². The van der Waals surface area contributed by atoms with Gasteiger partial charge in [-0.15, -0.1) is 11.3 Å². The molecule has 1 aromatic rings. The summed E-state index contributed by atoms with van der Waals surface area (Å²) in [6.45, 7) is 8.04. The number of morpholine rings is 1. The summed E-state index contributed by atoms with van der Waals surface area (Å²) >= 11 is 1.74. The number of hydrogen-bond donors (Lipinski definition) is 0. The minimum absolute atomic E-state index is 0.128. The zero-order valence-electron chi connectivity index (χ0n) is 12.7. The number of rotatable bonds is 4. The minimum Gasteiger partial charge on any atom is -0.372 e. The molecule has 0 bridgehead atoms. The average molecular weight is 296 g/mol. The summed E-state index contributed by atoms with van der Waals surface area (Å²) in [6, 6.07) is 4.45. The maximum Gasteiger partial charge on any atom is 0.236 e. The smallest absolute Gasteiger partial charge is 0.236 e. The third-order valence-electron chi connectivity index (χ3n) is 3.77. The van der Waals surface area contributed by atoms with Crippen LogP contribution in [0, 0.1) is 0 Å².